The molecule has 1 aliphatic carbocycles. The fourth-order valence-corrected chi connectivity index (χ4v) is 3.71. The van der Waals surface area contributed by atoms with E-state index in [0.29, 0.717) is 29.5 Å². The van der Waals surface area contributed by atoms with Gasteiger partial charge in [0.05, 0.1) is 5.71 Å². The quantitative estimate of drug-likeness (QED) is 0.912. The molecule has 1 amide bonds. The number of carbonyl (C=O) groups excluding carboxylic acids is 1. The molecule has 3 aliphatic rings. The molecule has 1 aromatic rings. The van der Waals surface area contributed by atoms with Gasteiger partial charge in [-0.3, -0.25) is 4.79 Å². The van der Waals surface area contributed by atoms with Gasteiger partial charge < -0.3 is 4.90 Å². The molecule has 1 N–H and O–H groups in total. The normalized spacial score (nSPS) is 30.0. The van der Waals surface area contributed by atoms with Crippen molar-refractivity contribution in [1.82, 2.24) is 5.43 Å². The van der Waals surface area contributed by atoms with E-state index < -0.39 is 11.6 Å². The van der Waals surface area contributed by atoms with E-state index in [1.54, 1.807) is 0 Å². The third-order valence-corrected chi connectivity index (χ3v) is 5.06. The first-order valence-corrected chi connectivity index (χ1v) is 7.66. The number of hydrazone groups is 1. The van der Waals surface area contributed by atoms with Gasteiger partial charge in [-0.2, -0.15) is 5.10 Å². The first-order valence-electron chi connectivity index (χ1n) is 7.66. The Morgan fingerprint density at radius 2 is 2.00 bits per heavy atom. The molecule has 6 heteroatoms. The van der Waals surface area contributed by atoms with E-state index in [-0.39, 0.29) is 24.1 Å². The summed E-state index contributed by atoms with van der Waals surface area (Å²) in [6.45, 7) is 2.77. The predicted octanol–water partition coefficient (Wildman–Crippen LogP) is 2.42. The molecule has 1 saturated heterocycles. The minimum Gasteiger partial charge on any atom is -0.364 e. The van der Waals surface area contributed by atoms with Crippen LogP contribution in [0.3, 0.4) is 0 Å². The van der Waals surface area contributed by atoms with Crippen LogP contribution in [0.15, 0.2) is 17.2 Å². The molecule has 3 unspecified atom stereocenters. The topological polar surface area (TPSA) is 44.7 Å². The third-order valence-electron chi connectivity index (χ3n) is 5.06. The molecule has 1 aromatic carbocycles. The zero-order chi connectivity index (χ0) is 15.4. The molecule has 0 radical (unpaired) electrons. The highest BCUT2D eigenvalue weighted by atomic mass is 19.1. The summed E-state index contributed by atoms with van der Waals surface area (Å²) >= 11 is 0. The first kappa shape index (κ1) is 13.7. The van der Waals surface area contributed by atoms with Gasteiger partial charge in [0, 0.05) is 31.0 Å². The summed E-state index contributed by atoms with van der Waals surface area (Å²) in [6.07, 6.45) is 1.86. The Balaban J connectivity index is 1.66. The second-order valence-corrected chi connectivity index (χ2v) is 6.43. The van der Waals surface area contributed by atoms with Gasteiger partial charge in [-0.15, -0.1) is 0 Å². The minimum atomic E-state index is -0.553. The van der Waals surface area contributed by atoms with Crippen molar-refractivity contribution in [2.45, 2.75) is 32.2 Å². The SMILES string of the molecule is CC1C2CC2CN1c1c(F)cc(C2=NNC(=O)CC2)cc1F. The van der Waals surface area contributed by atoms with E-state index in [2.05, 4.69) is 10.5 Å². The number of nitrogens with zero attached hydrogens (tertiary/aromatic N) is 2. The molecule has 4 rings (SSSR count). The van der Waals surface area contributed by atoms with E-state index >= 15 is 0 Å². The Morgan fingerprint density at radius 1 is 1.27 bits per heavy atom. The van der Waals surface area contributed by atoms with Crippen LogP contribution in [0.1, 0.15) is 31.7 Å². The number of hydrogen-bond acceptors (Lipinski definition) is 3. The fourth-order valence-electron chi connectivity index (χ4n) is 3.71. The first-order chi connectivity index (χ1) is 10.5. The number of benzene rings is 1. The Labute approximate surface area is 127 Å². The molecule has 3 atom stereocenters. The number of anilines is 1. The molecule has 1 saturated carbocycles. The highest BCUT2D eigenvalue weighted by molar-refractivity contribution is 6.04. The number of nitrogens with one attached hydrogen (secondary N) is 1. The zero-order valence-corrected chi connectivity index (χ0v) is 12.3. The van der Waals surface area contributed by atoms with E-state index in [9.17, 15) is 13.6 Å². The van der Waals surface area contributed by atoms with Gasteiger partial charge in [-0.1, -0.05) is 0 Å². The number of piperidine rings is 1. The highest BCUT2D eigenvalue weighted by Gasteiger charge is 2.51. The summed E-state index contributed by atoms with van der Waals surface area (Å²) < 4.78 is 29.0. The molecule has 2 heterocycles. The smallest absolute Gasteiger partial charge is 0.240 e. The number of halogens is 2. The van der Waals surface area contributed by atoms with Crippen LogP contribution in [0.2, 0.25) is 0 Å². The van der Waals surface area contributed by atoms with E-state index in [4.69, 9.17) is 0 Å². The van der Waals surface area contributed by atoms with Gasteiger partial charge in [0.15, 0.2) is 0 Å². The fraction of sp³-hybridized carbons (Fsp3) is 0.500. The number of fused-ring (bicyclic) bond motifs is 1. The maximum Gasteiger partial charge on any atom is 0.240 e. The second-order valence-electron chi connectivity index (χ2n) is 6.43. The van der Waals surface area contributed by atoms with E-state index in [1.165, 1.54) is 18.6 Å². The van der Waals surface area contributed by atoms with E-state index in [1.807, 2.05) is 11.8 Å². The van der Waals surface area contributed by atoms with Crippen LogP contribution in [0.5, 0.6) is 0 Å². The van der Waals surface area contributed by atoms with Crippen molar-refractivity contribution in [2.75, 3.05) is 11.4 Å². The lowest BCUT2D eigenvalue weighted by atomic mass is 10.0. The average molecular weight is 305 g/mol. The Morgan fingerprint density at radius 3 is 2.55 bits per heavy atom. The summed E-state index contributed by atoms with van der Waals surface area (Å²) in [6, 6.07) is 2.84. The molecule has 4 nitrogen and oxygen atoms in total. The van der Waals surface area contributed by atoms with Gasteiger partial charge in [0.2, 0.25) is 5.91 Å². The molecule has 0 bridgehead atoms. The van der Waals surface area contributed by atoms with Crippen LogP contribution in [-0.2, 0) is 4.79 Å². The van der Waals surface area contributed by atoms with Crippen molar-refractivity contribution < 1.29 is 13.6 Å². The minimum absolute atomic E-state index is 0.0731. The van der Waals surface area contributed by atoms with E-state index in [0.717, 1.165) is 6.54 Å². The summed E-state index contributed by atoms with van der Waals surface area (Å²) in [5.41, 5.74) is 3.34. The maximum absolute atomic E-state index is 14.5. The molecule has 0 aromatic heterocycles. The van der Waals surface area contributed by atoms with Crippen molar-refractivity contribution in [3.05, 3.63) is 29.3 Å². The van der Waals surface area contributed by atoms with Gasteiger partial charge in [-0.05, 0) is 37.3 Å². The highest BCUT2D eigenvalue weighted by Crippen LogP contribution is 2.51. The Bertz CT molecular complexity index is 665. The van der Waals surface area contributed by atoms with Crippen molar-refractivity contribution in [3.63, 3.8) is 0 Å². The van der Waals surface area contributed by atoms with Crippen LogP contribution in [0.25, 0.3) is 0 Å². The van der Waals surface area contributed by atoms with Crippen LogP contribution < -0.4 is 10.3 Å². The Hall–Kier alpha value is -1.98. The van der Waals surface area contributed by atoms with Crippen LogP contribution in [0, 0.1) is 23.5 Å². The summed E-state index contributed by atoms with van der Waals surface area (Å²) in [5.74, 6) is -0.111. The lowest BCUT2D eigenvalue weighted by Crippen LogP contribution is -2.32. The van der Waals surface area contributed by atoms with Crippen LogP contribution in [-0.4, -0.2) is 24.2 Å². The third kappa shape index (κ3) is 2.09. The maximum atomic E-state index is 14.5. The largest absolute Gasteiger partial charge is 0.364 e. The van der Waals surface area contributed by atoms with Crippen LogP contribution in [0.4, 0.5) is 14.5 Å². The van der Waals surface area contributed by atoms with Crippen molar-refractivity contribution >= 4 is 17.3 Å². The summed E-state index contributed by atoms with van der Waals surface area (Å²) in [5, 5.41) is 3.89. The molecule has 2 aliphatic heterocycles. The van der Waals surface area contributed by atoms with Gasteiger partial charge >= 0.3 is 0 Å². The lowest BCUT2D eigenvalue weighted by molar-refractivity contribution is -0.121. The number of amides is 1. The molecule has 22 heavy (non-hydrogen) atoms. The zero-order valence-electron chi connectivity index (χ0n) is 12.3. The molecular formula is C16H17F2N3O. The number of carbonyl (C=O) groups is 1. The summed E-state index contributed by atoms with van der Waals surface area (Å²) in [4.78, 5) is 12.9. The molecule has 0 spiro atoms. The molecule has 116 valence electrons. The Kier molecular flexibility index (Phi) is 2.96. The molecular weight excluding hydrogens is 288 g/mol. The van der Waals surface area contributed by atoms with Crippen molar-refractivity contribution in [3.8, 4) is 0 Å². The van der Waals surface area contributed by atoms with Gasteiger partial charge in [-0.25, -0.2) is 14.2 Å². The standard InChI is InChI=1S/C16H17F2N3O/c1-8-11-4-10(11)7-21(8)16-12(17)5-9(6-13(16)18)14-2-3-15(22)20-19-14/h5-6,8,10-11H,2-4,7H2,1H3,(H,20,22). The monoisotopic (exact) mass is 305 g/mol. The second kappa shape index (κ2) is 4.76. The molecule has 2 fully saturated rings. The van der Waals surface area contributed by atoms with Gasteiger partial charge in [0.1, 0.15) is 17.3 Å². The van der Waals surface area contributed by atoms with Gasteiger partial charge in [0.25, 0.3) is 0 Å². The average Bonchev–Trinajstić information content (AvgIpc) is 3.18. The number of hydrogen-bond donors (Lipinski definition) is 1. The lowest BCUT2D eigenvalue weighted by Gasteiger charge is -2.28. The van der Waals surface area contributed by atoms with Crippen LogP contribution >= 0.6 is 0 Å². The predicted molar refractivity (Wildman–Crippen MR) is 78.7 cm³/mol. The van der Waals surface area contributed by atoms with Crippen molar-refractivity contribution in [1.29, 1.82) is 0 Å². The van der Waals surface area contributed by atoms with Crippen molar-refractivity contribution in [2.24, 2.45) is 16.9 Å². The number of rotatable bonds is 2. The summed E-state index contributed by atoms with van der Waals surface area (Å²) in [7, 11) is 0.